The number of ether oxygens (including phenoxy) is 11. The number of unbranched alkanes of at least 4 members (excludes halogenated alkanes) is 24. The predicted octanol–water partition coefficient (Wildman–Crippen LogP) is 22.4. The maximum atomic E-state index is 15.8. The quantitative estimate of drug-likeness (QED) is 0.00930. The van der Waals surface area contributed by atoms with E-state index in [4.69, 9.17) is 61.2 Å². The van der Waals surface area contributed by atoms with E-state index in [0.717, 1.165) is 90.3 Å². The number of hydrogen-bond donors (Lipinski definition) is 1. The van der Waals surface area contributed by atoms with Crippen LogP contribution in [0.15, 0.2) is 217 Å². The second kappa shape index (κ2) is 56.1. The number of esters is 2. The normalized spacial score (nSPS) is 20.7. The van der Waals surface area contributed by atoms with Crippen LogP contribution in [0, 0.1) is 0 Å². The third kappa shape index (κ3) is 35.8. The van der Waals surface area contributed by atoms with Gasteiger partial charge in [-0.25, -0.2) is 4.57 Å². The van der Waals surface area contributed by atoms with E-state index in [2.05, 4.69) is 23.9 Å². The summed E-state index contributed by atoms with van der Waals surface area (Å²) in [6.07, 6.45) is 15.0. The predicted molar refractivity (Wildman–Crippen MR) is 455 cm³/mol. The molecule has 1 N–H and O–H groups in total. The van der Waals surface area contributed by atoms with Crippen molar-refractivity contribution in [1.29, 1.82) is 0 Å². The van der Waals surface area contributed by atoms with Gasteiger partial charge in [-0.1, -0.05) is 385 Å². The minimum absolute atomic E-state index is 0.00847. The molecule has 1 unspecified atom stereocenters. The zero-order valence-electron chi connectivity index (χ0n) is 69.3. The highest BCUT2D eigenvalue weighted by Crippen LogP contribution is 2.50. The molecule has 1 aliphatic carbocycles. The third-order valence-electron chi connectivity index (χ3n) is 21.5. The molecule has 117 heavy (non-hydrogen) atoms. The Morgan fingerprint density at radius 3 is 1.06 bits per heavy atom. The minimum Gasteiger partial charge on any atom is -0.462 e. The molecule has 21 heteroatoms. The molecule has 2 fully saturated rings. The smallest absolute Gasteiger partial charge is 0.462 e. The Morgan fingerprint density at radius 1 is 0.393 bits per heavy atom. The lowest BCUT2D eigenvalue weighted by Crippen LogP contribution is -2.69. The van der Waals surface area contributed by atoms with E-state index >= 15 is 4.57 Å². The first-order valence-corrected chi connectivity index (χ1v) is 45.0. The van der Waals surface area contributed by atoms with Gasteiger partial charge in [0.25, 0.3) is 0 Å². The maximum absolute atomic E-state index is 15.8. The number of phosphoric acid groups is 1. The van der Waals surface area contributed by atoms with Crippen molar-refractivity contribution in [2.75, 3.05) is 19.8 Å². The van der Waals surface area contributed by atoms with E-state index in [0.29, 0.717) is 12.8 Å². The SMILES string of the molecule is CCCCCCCCCCCCCCCC(=O)OC[C@H](COP(=O)(O)O[C@@H]1[C@H](OCc2ccccc2)[C@H](OCc2ccccc2)[C@@H](OCc2ccccc2)[C@H](OCc2ccccc2)[C@H]1O[C@H]1O[C@H](COCc2ccccc2)[C@@H](OCc2ccccc2)[C@H](OCc2ccccc2)[C@H]1N=[N+]=[N-])OC(=O)CCCCCCCCCCCCCCC. The number of phosphoric ester groups is 1. The van der Waals surface area contributed by atoms with Crippen molar-refractivity contribution in [3.05, 3.63) is 262 Å². The van der Waals surface area contributed by atoms with E-state index in [1.54, 1.807) is 0 Å². The number of carbonyl (C=O) groups is 2. The number of azide groups is 1. The molecule has 636 valence electrons. The van der Waals surface area contributed by atoms with Gasteiger partial charge in [0.1, 0.15) is 67.6 Å². The molecule has 0 spiro atoms. The third-order valence-corrected chi connectivity index (χ3v) is 22.5. The Bertz CT molecular complexity index is 3820. The van der Waals surface area contributed by atoms with Crippen LogP contribution in [0.25, 0.3) is 10.4 Å². The molecular formula is C96H130N3O17P. The molecule has 13 atom stereocenters. The van der Waals surface area contributed by atoms with Crippen LogP contribution in [0.1, 0.15) is 233 Å². The number of carbonyl (C=O) groups excluding carboxylic acids is 2. The molecule has 20 nitrogen and oxygen atoms in total. The average Bonchev–Trinajstić information content (AvgIpc) is 0.748. The molecule has 9 rings (SSSR count). The Morgan fingerprint density at radius 2 is 0.701 bits per heavy atom. The second-order valence-electron chi connectivity index (χ2n) is 31.0. The molecule has 1 aliphatic heterocycles. The average molecular weight is 1630 g/mol. The van der Waals surface area contributed by atoms with Gasteiger partial charge in [0.2, 0.25) is 0 Å². The van der Waals surface area contributed by atoms with Gasteiger partial charge in [0.15, 0.2) is 12.4 Å². The summed E-state index contributed by atoms with van der Waals surface area (Å²) in [6.45, 7) is 3.31. The fourth-order valence-electron chi connectivity index (χ4n) is 15.0. The highest BCUT2D eigenvalue weighted by atomic mass is 31.2. The van der Waals surface area contributed by atoms with Gasteiger partial charge in [-0.2, -0.15) is 0 Å². The molecule has 7 aromatic rings. The highest BCUT2D eigenvalue weighted by molar-refractivity contribution is 7.47. The lowest BCUT2D eigenvalue weighted by atomic mass is 9.83. The molecule has 0 radical (unpaired) electrons. The fraction of sp³-hybridized carbons (Fsp3) is 0.542. The zero-order chi connectivity index (χ0) is 81.8. The Balaban J connectivity index is 1.07. The summed E-state index contributed by atoms with van der Waals surface area (Å²) in [4.78, 5) is 44.0. The van der Waals surface area contributed by atoms with Gasteiger partial charge in [-0.15, -0.1) is 0 Å². The number of nitrogens with zero attached hydrogens (tertiary/aromatic N) is 3. The summed E-state index contributed by atoms with van der Waals surface area (Å²) in [5.74, 6) is -1.08. The van der Waals surface area contributed by atoms with Crippen LogP contribution < -0.4 is 0 Å². The largest absolute Gasteiger partial charge is 0.472 e. The first kappa shape index (κ1) is 93.4. The minimum atomic E-state index is -5.53. The molecule has 7 aromatic carbocycles. The van der Waals surface area contributed by atoms with E-state index < -0.39 is 106 Å². The summed E-state index contributed by atoms with van der Waals surface area (Å²) in [7, 11) is -5.53. The van der Waals surface area contributed by atoms with Crippen LogP contribution in [0.5, 0.6) is 0 Å². The van der Waals surface area contributed by atoms with E-state index in [9.17, 15) is 20.0 Å². The standard InChI is InChI=1S/C96H130N3O17P/c1-3-5-7-9-11-13-15-17-19-21-23-25-48-64-85(100)105-73-83(113-86(101)65-49-26-24-22-20-18-16-14-12-10-8-6-4-2)74-112-117(102,103)116-95-93(111-72-82-62-46-33-47-63-82)91(109-70-80-58-42-31-43-59-80)90(108-69-79-56-40-30-41-57-79)92(110-71-81-60-44-32-45-61-81)94(95)115-96-87(98-99-97)89(107-68-78-54-38-29-39-55-78)88(106-67-77-52-36-28-37-53-77)84(114-96)75-104-66-76-50-34-27-35-51-76/h27-47,50-63,83-84,87-96H,3-26,48-49,64-75H2,1-2H3,(H,102,103)/t83-,84-,87-,88-,89-,90-,91-,92+,93-,94-,95-,96-/m1/s1. The first-order valence-electron chi connectivity index (χ1n) is 43.5. The summed E-state index contributed by atoms with van der Waals surface area (Å²) in [6, 6.07) is 65.6. The van der Waals surface area contributed by atoms with Crippen molar-refractivity contribution in [3.8, 4) is 0 Å². The van der Waals surface area contributed by atoms with Crippen LogP contribution in [0.3, 0.4) is 0 Å². The van der Waals surface area contributed by atoms with E-state index in [-0.39, 0.29) is 65.7 Å². The van der Waals surface area contributed by atoms with Crippen molar-refractivity contribution in [1.82, 2.24) is 0 Å². The monoisotopic (exact) mass is 1630 g/mol. The van der Waals surface area contributed by atoms with E-state index in [1.807, 2.05) is 212 Å². The van der Waals surface area contributed by atoms with Crippen molar-refractivity contribution in [2.45, 2.75) is 313 Å². The number of benzene rings is 7. The zero-order valence-corrected chi connectivity index (χ0v) is 70.2. The summed E-state index contributed by atoms with van der Waals surface area (Å²) in [5, 5.41) is 4.49. The fourth-order valence-corrected chi connectivity index (χ4v) is 16.0. The molecule has 2 aliphatic rings. The van der Waals surface area contributed by atoms with Gasteiger partial charge >= 0.3 is 19.8 Å². The molecule has 1 heterocycles. The van der Waals surface area contributed by atoms with Crippen LogP contribution in [-0.4, -0.2) is 110 Å². The van der Waals surface area contributed by atoms with Crippen molar-refractivity contribution in [2.24, 2.45) is 5.11 Å². The lowest BCUT2D eigenvalue weighted by Gasteiger charge is -2.52. The van der Waals surface area contributed by atoms with Crippen molar-refractivity contribution in [3.63, 3.8) is 0 Å². The first-order chi connectivity index (χ1) is 57.6. The Hall–Kier alpha value is -7.46. The highest BCUT2D eigenvalue weighted by Gasteiger charge is 2.59. The van der Waals surface area contributed by atoms with Crippen molar-refractivity contribution < 1.29 is 80.2 Å². The molecule has 0 bridgehead atoms. The van der Waals surface area contributed by atoms with Gasteiger partial charge in [0, 0.05) is 17.8 Å². The van der Waals surface area contributed by atoms with Crippen LogP contribution >= 0.6 is 7.82 Å². The van der Waals surface area contributed by atoms with Gasteiger partial charge < -0.3 is 57.0 Å². The van der Waals surface area contributed by atoms with Crippen LogP contribution in [0.4, 0.5) is 0 Å². The summed E-state index contributed by atoms with van der Waals surface area (Å²) < 4.78 is 105. The maximum Gasteiger partial charge on any atom is 0.472 e. The molecule has 0 aromatic heterocycles. The van der Waals surface area contributed by atoms with Gasteiger partial charge in [-0.3, -0.25) is 18.6 Å². The lowest BCUT2D eigenvalue weighted by molar-refractivity contribution is -0.337. The Kier molecular flexibility index (Phi) is 44.8. The molecule has 1 saturated carbocycles. The topological polar surface area (TPSA) is 240 Å². The summed E-state index contributed by atoms with van der Waals surface area (Å²) >= 11 is 0. The van der Waals surface area contributed by atoms with Crippen LogP contribution in [-0.2, 0) is 122 Å². The van der Waals surface area contributed by atoms with E-state index in [1.165, 1.54) is 103 Å². The number of rotatable bonds is 61. The second-order valence-corrected chi connectivity index (χ2v) is 32.4. The molecular weight excluding hydrogens is 1500 g/mol. The number of hydrogen-bond acceptors (Lipinski definition) is 17. The van der Waals surface area contributed by atoms with Crippen molar-refractivity contribution >= 4 is 19.8 Å². The van der Waals surface area contributed by atoms with Crippen LogP contribution in [0.2, 0.25) is 0 Å². The van der Waals surface area contributed by atoms with Gasteiger partial charge in [-0.05, 0) is 57.3 Å². The molecule has 0 amide bonds. The summed E-state index contributed by atoms with van der Waals surface area (Å²) in [5.41, 5.74) is 16.5. The molecule has 1 saturated heterocycles. The van der Waals surface area contributed by atoms with Gasteiger partial charge in [0.05, 0.1) is 59.5 Å². The Labute approximate surface area is 696 Å².